The maximum atomic E-state index is 2.78. The first-order valence-corrected chi connectivity index (χ1v) is 10.5. The summed E-state index contributed by atoms with van der Waals surface area (Å²) >= 11 is 0. The molecule has 0 amide bonds. The first kappa shape index (κ1) is 23.2. The van der Waals surface area contributed by atoms with E-state index in [1.807, 2.05) is 0 Å². The zero-order valence-corrected chi connectivity index (χ0v) is 18.3. The molecule has 1 heterocycles. The highest BCUT2D eigenvalue weighted by Gasteiger charge is 2.29. The van der Waals surface area contributed by atoms with Gasteiger partial charge in [-0.15, -0.1) is 24.8 Å². The zero-order valence-electron chi connectivity index (χ0n) is 16.7. The molecule has 2 aromatic carbocycles. The molecular weight excluding hydrogens is 387 g/mol. The van der Waals surface area contributed by atoms with Crippen molar-refractivity contribution in [3.63, 3.8) is 0 Å². The van der Waals surface area contributed by atoms with E-state index >= 15 is 0 Å². The van der Waals surface area contributed by atoms with Gasteiger partial charge in [-0.25, -0.2) is 0 Å². The maximum absolute atomic E-state index is 2.78. The summed E-state index contributed by atoms with van der Waals surface area (Å²) in [6, 6.07) is 23.5. The number of hydrogen-bond donors (Lipinski definition) is 0. The molecule has 0 aromatic heterocycles. The smallest absolute Gasteiger partial charge is 0.0389 e. The fraction of sp³-hybridized carbons (Fsp3) is 0.500. The van der Waals surface area contributed by atoms with Crippen molar-refractivity contribution in [3.8, 4) is 0 Å². The van der Waals surface area contributed by atoms with Crippen molar-refractivity contribution in [2.45, 2.75) is 50.6 Å². The number of rotatable bonds is 5. The van der Waals surface area contributed by atoms with Crippen molar-refractivity contribution in [1.82, 2.24) is 9.80 Å². The van der Waals surface area contributed by atoms with E-state index in [1.54, 1.807) is 0 Å². The number of piperazine rings is 1. The Hall–Kier alpha value is -1.06. The van der Waals surface area contributed by atoms with Gasteiger partial charge < -0.3 is 0 Å². The molecule has 0 N–H and O–H groups in total. The minimum absolute atomic E-state index is 0. The molecule has 1 aliphatic carbocycles. The van der Waals surface area contributed by atoms with Gasteiger partial charge in [-0.05, 0) is 30.4 Å². The normalized spacial score (nSPS) is 20.0. The molecule has 4 rings (SSSR count). The summed E-state index contributed by atoms with van der Waals surface area (Å²) in [7, 11) is 0. The van der Waals surface area contributed by atoms with Crippen LogP contribution in [0.5, 0.6) is 0 Å². The highest BCUT2D eigenvalue weighted by molar-refractivity contribution is 5.85. The molecule has 0 spiro atoms. The minimum Gasteiger partial charge on any atom is -0.298 e. The highest BCUT2D eigenvalue weighted by Crippen LogP contribution is 2.29. The van der Waals surface area contributed by atoms with Crippen LogP contribution in [0.2, 0.25) is 0 Å². The van der Waals surface area contributed by atoms with E-state index in [0.29, 0.717) is 6.04 Å². The number of benzene rings is 2. The van der Waals surface area contributed by atoms with Crippen molar-refractivity contribution in [3.05, 3.63) is 71.8 Å². The fourth-order valence-corrected chi connectivity index (χ4v) is 4.83. The molecule has 2 aromatic rings. The lowest BCUT2D eigenvalue weighted by atomic mass is 9.93. The SMILES string of the molecule is Cl.Cl.c1ccc(C[C@@H](c2ccccc2)N2CCN(C3CCCCC3)CC2)cc1. The Balaban J connectivity index is 0.00000140. The molecule has 1 aliphatic heterocycles. The van der Waals surface area contributed by atoms with Crippen LogP contribution in [0.3, 0.4) is 0 Å². The molecule has 1 saturated heterocycles. The van der Waals surface area contributed by atoms with Crippen molar-refractivity contribution < 1.29 is 0 Å². The van der Waals surface area contributed by atoms with E-state index in [0.717, 1.165) is 12.5 Å². The summed E-state index contributed by atoms with van der Waals surface area (Å²) in [6.07, 6.45) is 8.27. The number of nitrogens with zero attached hydrogens (tertiary/aromatic N) is 2. The van der Waals surface area contributed by atoms with E-state index in [-0.39, 0.29) is 24.8 Å². The average molecular weight is 421 g/mol. The predicted molar refractivity (Wildman–Crippen MR) is 124 cm³/mol. The van der Waals surface area contributed by atoms with Crippen LogP contribution in [-0.2, 0) is 6.42 Å². The molecule has 1 atom stereocenters. The van der Waals surface area contributed by atoms with Crippen LogP contribution in [0, 0.1) is 0 Å². The van der Waals surface area contributed by atoms with Gasteiger partial charge in [0.25, 0.3) is 0 Å². The standard InChI is InChI=1S/C24H32N2.2ClH/c1-4-10-21(11-5-1)20-24(22-12-6-2-7-13-22)26-18-16-25(17-19-26)23-14-8-3-9-15-23;;/h1-2,4-7,10-13,23-24H,3,8-9,14-20H2;2*1H/t24-;;/m0../s1. The third-order valence-electron chi connectivity index (χ3n) is 6.34. The van der Waals surface area contributed by atoms with Crippen LogP contribution in [0.25, 0.3) is 0 Å². The van der Waals surface area contributed by atoms with Crippen molar-refractivity contribution >= 4 is 24.8 Å². The summed E-state index contributed by atoms with van der Waals surface area (Å²) in [6.45, 7) is 4.87. The van der Waals surface area contributed by atoms with Gasteiger partial charge in [-0.1, -0.05) is 79.9 Å². The van der Waals surface area contributed by atoms with Gasteiger partial charge in [-0.2, -0.15) is 0 Å². The molecule has 2 aliphatic rings. The van der Waals surface area contributed by atoms with Crippen LogP contribution in [0.4, 0.5) is 0 Å². The first-order chi connectivity index (χ1) is 12.9. The van der Waals surface area contributed by atoms with E-state index in [9.17, 15) is 0 Å². The molecule has 4 heteroatoms. The summed E-state index contributed by atoms with van der Waals surface area (Å²) in [5.74, 6) is 0. The van der Waals surface area contributed by atoms with Gasteiger partial charge in [0.2, 0.25) is 0 Å². The summed E-state index contributed by atoms with van der Waals surface area (Å²) in [5, 5.41) is 0. The second kappa shape index (κ2) is 11.8. The van der Waals surface area contributed by atoms with Gasteiger partial charge in [0.15, 0.2) is 0 Å². The van der Waals surface area contributed by atoms with Crippen LogP contribution < -0.4 is 0 Å². The summed E-state index contributed by atoms with van der Waals surface area (Å²) in [5.41, 5.74) is 2.90. The molecule has 1 saturated carbocycles. The van der Waals surface area contributed by atoms with Crippen LogP contribution in [-0.4, -0.2) is 42.0 Å². The molecule has 2 fully saturated rings. The third-order valence-corrected chi connectivity index (χ3v) is 6.34. The Kier molecular flexibility index (Phi) is 9.81. The molecule has 154 valence electrons. The van der Waals surface area contributed by atoms with E-state index in [4.69, 9.17) is 0 Å². The maximum Gasteiger partial charge on any atom is 0.0389 e. The predicted octanol–water partition coefficient (Wildman–Crippen LogP) is 5.76. The summed E-state index contributed by atoms with van der Waals surface area (Å²) < 4.78 is 0. The molecule has 2 nitrogen and oxygen atoms in total. The summed E-state index contributed by atoms with van der Waals surface area (Å²) in [4.78, 5) is 5.50. The van der Waals surface area contributed by atoms with E-state index in [2.05, 4.69) is 70.5 Å². The van der Waals surface area contributed by atoms with Crippen molar-refractivity contribution in [2.24, 2.45) is 0 Å². The highest BCUT2D eigenvalue weighted by atomic mass is 35.5. The van der Waals surface area contributed by atoms with Crippen LogP contribution >= 0.6 is 24.8 Å². The fourth-order valence-electron chi connectivity index (χ4n) is 4.83. The van der Waals surface area contributed by atoms with Gasteiger partial charge in [-0.3, -0.25) is 9.80 Å². The number of halogens is 2. The molecular formula is C24H34Cl2N2. The third kappa shape index (κ3) is 5.97. The Bertz CT molecular complexity index is 651. The van der Waals surface area contributed by atoms with Crippen LogP contribution in [0.1, 0.15) is 49.3 Å². The Labute approximate surface area is 183 Å². The Morgan fingerprint density at radius 1 is 0.714 bits per heavy atom. The van der Waals surface area contributed by atoms with Gasteiger partial charge in [0.1, 0.15) is 0 Å². The average Bonchev–Trinajstić information content (AvgIpc) is 2.74. The van der Waals surface area contributed by atoms with Gasteiger partial charge in [0, 0.05) is 38.3 Å². The molecule has 28 heavy (non-hydrogen) atoms. The lowest BCUT2D eigenvalue weighted by Gasteiger charge is -2.43. The zero-order chi connectivity index (χ0) is 17.6. The number of hydrogen-bond acceptors (Lipinski definition) is 2. The lowest BCUT2D eigenvalue weighted by molar-refractivity contribution is 0.0559. The largest absolute Gasteiger partial charge is 0.298 e. The van der Waals surface area contributed by atoms with E-state index < -0.39 is 0 Å². The molecule has 0 unspecified atom stereocenters. The Morgan fingerprint density at radius 3 is 1.89 bits per heavy atom. The topological polar surface area (TPSA) is 6.48 Å². The second-order valence-electron chi connectivity index (χ2n) is 7.98. The quantitative estimate of drug-likeness (QED) is 0.605. The second-order valence-corrected chi connectivity index (χ2v) is 7.98. The Morgan fingerprint density at radius 2 is 1.29 bits per heavy atom. The van der Waals surface area contributed by atoms with Gasteiger partial charge in [0.05, 0.1) is 0 Å². The first-order valence-electron chi connectivity index (χ1n) is 10.5. The lowest BCUT2D eigenvalue weighted by Crippen LogP contribution is -2.51. The van der Waals surface area contributed by atoms with Crippen LogP contribution in [0.15, 0.2) is 60.7 Å². The van der Waals surface area contributed by atoms with Gasteiger partial charge >= 0.3 is 0 Å². The minimum atomic E-state index is 0. The molecule has 0 radical (unpaired) electrons. The van der Waals surface area contributed by atoms with Crippen molar-refractivity contribution in [1.29, 1.82) is 0 Å². The monoisotopic (exact) mass is 420 g/mol. The van der Waals surface area contributed by atoms with Crippen molar-refractivity contribution in [2.75, 3.05) is 26.2 Å². The van der Waals surface area contributed by atoms with E-state index in [1.165, 1.54) is 69.4 Å². The molecule has 0 bridgehead atoms.